The number of carbonyl (C=O) groups excluding carboxylic acids is 1. The number of H-pyrrole nitrogens is 1. The van der Waals surface area contributed by atoms with Gasteiger partial charge in [0.15, 0.2) is 0 Å². The van der Waals surface area contributed by atoms with Crippen molar-refractivity contribution in [1.82, 2.24) is 9.97 Å². The molecule has 6 heteroatoms. The van der Waals surface area contributed by atoms with E-state index in [2.05, 4.69) is 20.6 Å². The first kappa shape index (κ1) is 13.9. The van der Waals surface area contributed by atoms with Crippen molar-refractivity contribution in [3.05, 3.63) is 42.0 Å². The molecular formula is C14H18N4O2. The quantitative estimate of drug-likeness (QED) is 0.783. The lowest BCUT2D eigenvalue weighted by Gasteiger charge is -2.08. The minimum atomic E-state index is -0.444. The largest absolute Gasteiger partial charge is 0.450 e. The molecule has 1 heterocycles. The molecule has 0 saturated carbocycles. The molecule has 0 spiro atoms. The first-order valence-corrected chi connectivity index (χ1v) is 6.45. The number of hydrogen-bond donors (Lipinski definition) is 3. The van der Waals surface area contributed by atoms with E-state index in [0.29, 0.717) is 18.8 Å². The van der Waals surface area contributed by atoms with Gasteiger partial charge in [0, 0.05) is 17.1 Å². The molecule has 1 amide bonds. The van der Waals surface area contributed by atoms with Crippen LogP contribution in [0.3, 0.4) is 0 Å². The van der Waals surface area contributed by atoms with Gasteiger partial charge in [-0.3, -0.25) is 5.32 Å². The van der Waals surface area contributed by atoms with Crippen LogP contribution in [0.5, 0.6) is 0 Å². The number of imidazole rings is 1. The molecule has 1 aromatic heterocycles. The van der Waals surface area contributed by atoms with Gasteiger partial charge in [-0.2, -0.15) is 0 Å². The van der Waals surface area contributed by atoms with Gasteiger partial charge in [0.25, 0.3) is 0 Å². The van der Waals surface area contributed by atoms with Crippen LogP contribution in [0, 0.1) is 6.92 Å². The number of aryl methyl sites for hydroxylation is 1. The molecule has 6 nitrogen and oxygen atoms in total. The summed E-state index contributed by atoms with van der Waals surface area (Å²) in [6.07, 6.45) is 1.24. The maximum atomic E-state index is 11.3. The molecule has 0 bridgehead atoms. The zero-order chi connectivity index (χ0) is 14.4. The summed E-state index contributed by atoms with van der Waals surface area (Å²) < 4.78 is 4.81. The Labute approximate surface area is 117 Å². The van der Waals surface area contributed by atoms with E-state index in [4.69, 9.17) is 4.74 Å². The summed E-state index contributed by atoms with van der Waals surface area (Å²) in [5.41, 5.74) is 3.70. The van der Waals surface area contributed by atoms with Crippen molar-refractivity contribution in [3.8, 4) is 0 Å². The number of aromatic amines is 1. The fourth-order valence-corrected chi connectivity index (χ4v) is 1.71. The number of ether oxygens (including phenoxy) is 1. The van der Waals surface area contributed by atoms with Gasteiger partial charge in [-0.15, -0.1) is 0 Å². The zero-order valence-electron chi connectivity index (χ0n) is 11.6. The van der Waals surface area contributed by atoms with Crippen LogP contribution >= 0.6 is 0 Å². The smallest absolute Gasteiger partial charge is 0.411 e. The van der Waals surface area contributed by atoms with Gasteiger partial charge >= 0.3 is 6.09 Å². The number of hydrogen-bond acceptors (Lipinski definition) is 4. The number of amides is 1. The van der Waals surface area contributed by atoms with Crippen LogP contribution in [0.25, 0.3) is 0 Å². The molecule has 0 aliphatic carbocycles. The molecule has 106 valence electrons. The Morgan fingerprint density at radius 1 is 1.30 bits per heavy atom. The van der Waals surface area contributed by atoms with Crippen LogP contribution in [0.4, 0.5) is 16.2 Å². The van der Waals surface area contributed by atoms with E-state index in [1.165, 1.54) is 0 Å². The number of nitrogens with zero attached hydrogens (tertiary/aromatic N) is 1. The Balaban J connectivity index is 1.88. The highest BCUT2D eigenvalue weighted by atomic mass is 16.5. The van der Waals surface area contributed by atoms with Crippen molar-refractivity contribution in [2.24, 2.45) is 0 Å². The number of aromatic nitrogens is 2. The highest BCUT2D eigenvalue weighted by molar-refractivity contribution is 5.84. The molecule has 0 saturated heterocycles. The van der Waals surface area contributed by atoms with Crippen molar-refractivity contribution in [3.63, 3.8) is 0 Å². The lowest BCUT2D eigenvalue weighted by Crippen LogP contribution is -2.13. The average molecular weight is 274 g/mol. The van der Waals surface area contributed by atoms with Crippen molar-refractivity contribution < 1.29 is 9.53 Å². The Hall–Kier alpha value is -2.50. The van der Waals surface area contributed by atoms with E-state index in [1.807, 2.05) is 31.2 Å². The highest BCUT2D eigenvalue weighted by Gasteiger charge is 2.03. The normalized spacial score (nSPS) is 10.1. The van der Waals surface area contributed by atoms with Crippen LogP contribution in [0.2, 0.25) is 0 Å². The van der Waals surface area contributed by atoms with Crippen LogP contribution in [-0.4, -0.2) is 22.7 Å². The highest BCUT2D eigenvalue weighted by Crippen LogP contribution is 2.15. The molecule has 3 N–H and O–H groups in total. The van der Waals surface area contributed by atoms with Crippen molar-refractivity contribution in [2.45, 2.75) is 20.4 Å². The molecule has 1 aromatic carbocycles. The van der Waals surface area contributed by atoms with Gasteiger partial charge in [0.1, 0.15) is 0 Å². The van der Waals surface area contributed by atoms with Crippen LogP contribution < -0.4 is 10.6 Å². The number of benzene rings is 1. The van der Waals surface area contributed by atoms with E-state index in [0.717, 1.165) is 17.1 Å². The van der Waals surface area contributed by atoms with E-state index >= 15 is 0 Å². The topological polar surface area (TPSA) is 79.0 Å². The number of anilines is 2. The third kappa shape index (κ3) is 3.74. The average Bonchev–Trinajstić information content (AvgIpc) is 2.84. The van der Waals surface area contributed by atoms with E-state index < -0.39 is 6.09 Å². The second kappa shape index (κ2) is 6.60. The van der Waals surface area contributed by atoms with Crippen LogP contribution in [0.1, 0.15) is 18.3 Å². The lowest BCUT2D eigenvalue weighted by atomic mass is 10.2. The number of carbonyl (C=O) groups is 1. The number of nitrogens with one attached hydrogen (secondary N) is 3. The van der Waals surface area contributed by atoms with Crippen molar-refractivity contribution in [1.29, 1.82) is 0 Å². The summed E-state index contributed by atoms with van der Waals surface area (Å²) >= 11 is 0. The van der Waals surface area contributed by atoms with Gasteiger partial charge in [-0.05, 0) is 38.1 Å². The van der Waals surface area contributed by atoms with Crippen LogP contribution in [0.15, 0.2) is 30.6 Å². The van der Waals surface area contributed by atoms with Gasteiger partial charge in [0.05, 0.1) is 25.2 Å². The second-order valence-electron chi connectivity index (χ2n) is 4.25. The van der Waals surface area contributed by atoms with Gasteiger partial charge in [-0.1, -0.05) is 0 Å². The first-order valence-electron chi connectivity index (χ1n) is 6.45. The number of rotatable bonds is 5. The second-order valence-corrected chi connectivity index (χ2v) is 4.25. The summed E-state index contributed by atoms with van der Waals surface area (Å²) in [6.45, 7) is 4.76. The molecule has 0 radical (unpaired) electrons. The van der Waals surface area contributed by atoms with E-state index in [9.17, 15) is 4.79 Å². The fourth-order valence-electron chi connectivity index (χ4n) is 1.71. The maximum absolute atomic E-state index is 11.3. The summed E-state index contributed by atoms with van der Waals surface area (Å²) in [4.78, 5) is 18.5. The molecule has 2 aromatic rings. The molecule has 20 heavy (non-hydrogen) atoms. The standard InChI is InChI=1S/C14H18N4O2/c1-3-20-14(19)18-12-6-4-11(5-7-12)15-8-13-10(2)16-9-17-13/h4-7,9,15H,3,8H2,1-2H3,(H,16,17)(H,18,19). The monoisotopic (exact) mass is 274 g/mol. The SMILES string of the molecule is CCOC(=O)Nc1ccc(NCc2nc[nH]c2C)cc1. The fraction of sp³-hybridized carbons (Fsp3) is 0.286. The van der Waals surface area contributed by atoms with Crippen LogP contribution in [-0.2, 0) is 11.3 Å². The molecule has 0 atom stereocenters. The Bertz CT molecular complexity index is 563. The van der Waals surface area contributed by atoms with E-state index in [1.54, 1.807) is 13.3 Å². The summed E-state index contributed by atoms with van der Waals surface area (Å²) in [7, 11) is 0. The van der Waals surface area contributed by atoms with Gasteiger partial charge < -0.3 is 15.0 Å². The molecular weight excluding hydrogens is 256 g/mol. The summed E-state index contributed by atoms with van der Waals surface area (Å²) in [5, 5.41) is 5.91. The van der Waals surface area contributed by atoms with Gasteiger partial charge in [0.2, 0.25) is 0 Å². The first-order chi connectivity index (χ1) is 9.69. The molecule has 0 aliphatic rings. The minimum absolute atomic E-state index is 0.356. The third-order valence-corrected chi connectivity index (χ3v) is 2.80. The minimum Gasteiger partial charge on any atom is -0.450 e. The lowest BCUT2D eigenvalue weighted by molar-refractivity contribution is 0.168. The predicted molar refractivity (Wildman–Crippen MR) is 77.7 cm³/mol. The Morgan fingerprint density at radius 3 is 2.60 bits per heavy atom. The third-order valence-electron chi connectivity index (χ3n) is 2.80. The Kier molecular flexibility index (Phi) is 4.60. The maximum Gasteiger partial charge on any atom is 0.411 e. The zero-order valence-corrected chi connectivity index (χ0v) is 11.6. The molecule has 0 unspecified atom stereocenters. The Morgan fingerprint density at radius 2 is 2.00 bits per heavy atom. The predicted octanol–water partition coefficient (Wildman–Crippen LogP) is 2.90. The summed E-state index contributed by atoms with van der Waals surface area (Å²) in [5.74, 6) is 0. The van der Waals surface area contributed by atoms with Crippen molar-refractivity contribution in [2.75, 3.05) is 17.2 Å². The summed E-state index contributed by atoms with van der Waals surface area (Å²) in [6, 6.07) is 7.42. The van der Waals surface area contributed by atoms with Crippen molar-refractivity contribution >= 4 is 17.5 Å². The molecule has 2 rings (SSSR count). The van der Waals surface area contributed by atoms with E-state index in [-0.39, 0.29) is 0 Å². The van der Waals surface area contributed by atoms with Gasteiger partial charge in [-0.25, -0.2) is 9.78 Å². The molecule has 0 aliphatic heterocycles. The molecule has 0 fully saturated rings.